The molecule has 2 N–H and O–H groups in total. The largest absolute Gasteiger partial charge is 0.392 e. The Morgan fingerprint density at radius 2 is 2.05 bits per heavy atom. The summed E-state index contributed by atoms with van der Waals surface area (Å²) in [5.74, 6) is 0.792. The van der Waals surface area contributed by atoms with Gasteiger partial charge in [-0.1, -0.05) is 24.3 Å². The molecular weight excluding hydrogens is 252 g/mol. The Kier molecular flexibility index (Phi) is 3.35. The molecule has 3 aromatic rings. The van der Waals surface area contributed by atoms with Crippen LogP contribution in [0.15, 0.2) is 42.7 Å². The van der Waals surface area contributed by atoms with Crippen LogP contribution in [0.25, 0.3) is 5.52 Å². The number of fused-ring (bicyclic) bond motifs is 1. The lowest BCUT2D eigenvalue weighted by molar-refractivity contribution is 0.280. The van der Waals surface area contributed by atoms with Crippen LogP contribution in [-0.4, -0.2) is 19.7 Å². The van der Waals surface area contributed by atoms with Gasteiger partial charge >= 0.3 is 0 Å². The lowest BCUT2D eigenvalue weighted by atomic mass is 10.1. The molecule has 5 nitrogen and oxygen atoms in total. The lowest BCUT2D eigenvalue weighted by Crippen LogP contribution is -2.05. The van der Waals surface area contributed by atoms with E-state index in [1.54, 1.807) is 6.20 Å². The molecule has 102 valence electrons. The molecule has 0 spiro atoms. The quantitative estimate of drug-likeness (QED) is 0.761. The molecule has 0 aliphatic carbocycles. The number of benzene rings is 1. The summed E-state index contributed by atoms with van der Waals surface area (Å²) in [6, 6.07) is 9.81. The maximum atomic E-state index is 9.33. The zero-order chi connectivity index (χ0) is 13.9. The molecule has 0 unspecified atom stereocenters. The predicted molar refractivity (Wildman–Crippen MR) is 77.4 cm³/mol. The first-order chi connectivity index (χ1) is 9.78. The summed E-state index contributed by atoms with van der Waals surface area (Å²) in [6.07, 6.45) is 3.55. The number of rotatable bonds is 4. The Labute approximate surface area is 116 Å². The van der Waals surface area contributed by atoms with Gasteiger partial charge in [0.1, 0.15) is 5.52 Å². The third-order valence-corrected chi connectivity index (χ3v) is 3.25. The van der Waals surface area contributed by atoms with Gasteiger partial charge in [0.05, 0.1) is 12.3 Å². The van der Waals surface area contributed by atoms with Gasteiger partial charge in [-0.05, 0) is 24.1 Å². The normalized spacial score (nSPS) is 10.9. The van der Waals surface area contributed by atoms with Gasteiger partial charge in [-0.25, -0.2) is 9.50 Å². The fraction of sp³-hybridized carbons (Fsp3) is 0.200. The Bertz CT molecular complexity index is 736. The molecule has 0 saturated heterocycles. The number of aliphatic hydroxyl groups excluding tert-OH is 1. The van der Waals surface area contributed by atoms with Crippen LogP contribution in [0, 0.1) is 6.92 Å². The van der Waals surface area contributed by atoms with Crippen LogP contribution in [0.3, 0.4) is 0 Å². The number of nitrogens with one attached hydrogen (secondary N) is 1. The van der Waals surface area contributed by atoms with Crippen LogP contribution in [-0.2, 0) is 13.2 Å². The molecule has 1 aromatic carbocycles. The van der Waals surface area contributed by atoms with Crippen molar-refractivity contribution in [3.63, 3.8) is 0 Å². The second kappa shape index (κ2) is 5.30. The second-order valence-electron chi connectivity index (χ2n) is 4.67. The van der Waals surface area contributed by atoms with Gasteiger partial charge in [-0.2, -0.15) is 5.10 Å². The van der Waals surface area contributed by atoms with E-state index in [2.05, 4.69) is 15.4 Å². The molecule has 2 aromatic heterocycles. The lowest BCUT2D eigenvalue weighted by Gasteiger charge is -2.10. The number of aromatic nitrogens is 3. The van der Waals surface area contributed by atoms with Gasteiger partial charge in [0.25, 0.3) is 0 Å². The molecule has 0 saturated carbocycles. The Hall–Kier alpha value is -2.40. The SMILES string of the molecule is Cc1cc2c(NCc3ccccc3CO)nccn2n1. The van der Waals surface area contributed by atoms with E-state index in [0.717, 1.165) is 28.2 Å². The molecule has 3 rings (SSSR count). The molecule has 0 aliphatic heterocycles. The Morgan fingerprint density at radius 3 is 2.85 bits per heavy atom. The summed E-state index contributed by atoms with van der Waals surface area (Å²) in [5.41, 5.74) is 3.90. The molecule has 2 heterocycles. The van der Waals surface area contributed by atoms with E-state index >= 15 is 0 Å². The number of anilines is 1. The molecule has 0 radical (unpaired) electrons. The first kappa shape index (κ1) is 12.6. The van der Waals surface area contributed by atoms with Crippen LogP contribution >= 0.6 is 0 Å². The van der Waals surface area contributed by atoms with Crippen LogP contribution in [0.2, 0.25) is 0 Å². The summed E-state index contributed by atoms with van der Waals surface area (Å²) in [7, 11) is 0. The zero-order valence-electron chi connectivity index (χ0n) is 11.2. The minimum atomic E-state index is 0.0429. The first-order valence-electron chi connectivity index (χ1n) is 6.50. The van der Waals surface area contributed by atoms with E-state index < -0.39 is 0 Å². The highest BCUT2D eigenvalue weighted by atomic mass is 16.3. The average Bonchev–Trinajstić information content (AvgIpc) is 2.86. The van der Waals surface area contributed by atoms with Crippen LogP contribution in [0.1, 0.15) is 16.8 Å². The molecule has 0 amide bonds. The van der Waals surface area contributed by atoms with Crippen molar-refractivity contribution in [1.29, 1.82) is 0 Å². The fourth-order valence-corrected chi connectivity index (χ4v) is 2.24. The van der Waals surface area contributed by atoms with E-state index in [0.29, 0.717) is 6.54 Å². The van der Waals surface area contributed by atoms with Crippen molar-refractivity contribution in [1.82, 2.24) is 14.6 Å². The second-order valence-corrected chi connectivity index (χ2v) is 4.67. The summed E-state index contributed by atoms with van der Waals surface area (Å²) in [4.78, 5) is 4.36. The van der Waals surface area contributed by atoms with E-state index in [9.17, 15) is 5.11 Å². The Balaban J connectivity index is 1.87. The highest BCUT2D eigenvalue weighted by Gasteiger charge is 2.06. The maximum absolute atomic E-state index is 9.33. The molecule has 5 heteroatoms. The highest BCUT2D eigenvalue weighted by Crippen LogP contribution is 2.17. The van der Waals surface area contributed by atoms with Gasteiger partial charge in [0.15, 0.2) is 5.82 Å². The van der Waals surface area contributed by atoms with Crippen molar-refractivity contribution in [2.75, 3.05) is 5.32 Å². The van der Waals surface area contributed by atoms with Crippen molar-refractivity contribution >= 4 is 11.3 Å². The molecule has 0 aliphatic rings. The van der Waals surface area contributed by atoms with Gasteiger partial charge in [0.2, 0.25) is 0 Å². The number of aliphatic hydroxyl groups is 1. The highest BCUT2D eigenvalue weighted by molar-refractivity contribution is 5.67. The standard InChI is InChI=1S/C15H16N4O/c1-11-8-14-15(16-6-7-19(14)18-11)17-9-12-4-2-3-5-13(12)10-20/h2-8,20H,9-10H2,1H3,(H,16,17). The van der Waals surface area contributed by atoms with E-state index in [4.69, 9.17) is 0 Å². The molecule has 0 atom stereocenters. The van der Waals surface area contributed by atoms with Crippen molar-refractivity contribution in [2.24, 2.45) is 0 Å². The summed E-state index contributed by atoms with van der Waals surface area (Å²) < 4.78 is 1.81. The topological polar surface area (TPSA) is 62.5 Å². The van der Waals surface area contributed by atoms with Gasteiger partial charge in [0, 0.05) is 18.9 Å². The smallest absolute Gasteiger partial charge is 0.152 e. The van der Waals surface area contributed by atoms with Crippen LogP contribution in [0.5, 0.6) is 0 Å². The van der Waals surface area contributed by atoms with Crippen LogP contribution in [0.4, 0.5) is 5.82 Å². The predicted octanol–water partition coefficient (Wildman–Crippen LogP) is 2.14. The van der Waals surface area contributed by atoms with Gasteiger partial charge in [-0.3, -0.25) is 0 Å². The average molecular weight is 268 g/mol. The third-order valence-electron chi connectivity index (χ3n) is 3.25. The van der Waals surface area contributed by atoms with Crippen molar-refractivity contribution in [3.8, 4) is 0 Å². The number of nitrogens with zero attached hydrogens (tertiary/aromatic N) is 3. The van der Waals surface area contributed by atoms with Crippen molar-refractivity contribution in [2.45, 2.75) is 20.1 Å². The molecule has 0 bridgehead atoms. The van der Waals surface area contributed by atoms with Gasteiger partial charge in [-0.15, -0.1) is 0 Å². The Morgan fingerprint density at radius 1 is 1.25 bits per heavy atom. The van der Waals surface area contributed by atoms with E-state index in [-0.39, 0.29) is 6.61 Å². The minimum absolute atomic E-state index is 0.0429. The summed E-state index contributed by atoms with van der Waals surface area (Å²) in [5, 5.41) is 17.0. The number of hydrogen-bond donors (Lipinski definition) is 2. The van der Waals surface area contributed by atoms with E-state index in [1.807, 2.05) is 48.0 Å². The van der Waals surface area contributed by atoms with Crippen LogP contribution < -0.4 is 5.32 Å². The molecule has 0 fully saturated rings. The van der Waals surface area contributed by atoms with E-state index in [1.165, 1.54) is 0 Å². The van der Waals surface area contributed by atoms with Gasteiger partial charge < -0.3 is 10.4 Å². The molecular formula is C15H16N4O. The minimum Gasteiger partial charge on any atom is -0.392 e. The monoisotopic (exact) mass is 268 g/mol. The molecule has 20 heavy (non-hydrogen) atoms. The maximum Gasteiger partial charge on any atom is 0.152 e. The number of aryl methyl sites for hydroxylation is 1. The summed E-state index contributed by atoms with van der Waals surface area (Å²) >= 11 is 0. The zero-order valence-corrected chi connectivity index (χ0v) is 11.2. The van der Waals surface area contributed by atoms with Crippen molar-refractivity contribution in [3.05, 3.63) is 59.5 Å². The third kappa shape index (κ3) is 2.35. The number of hydrogen-bond acceptors (Lipinski definition) is 4. The van der Waals surface area contributed by atoms with Crippen molar-refractivity contribution < 1.29 is 5.11 Å². The fourth-order valence-electron chi connectivity index (χ4n) is 2.24. The first-order valence-corrected chi connectivity index (χ1v) is 6.50. The summed E-state index contributed by atoms with van der Waals surface area (Å²) in [6.45, 7) is 2.62.